The molecule has 0 bridgehead atoms. The number of oxime groups is 1. The number of carboxylic acids is 1. The van der Waals surface area contributed by atoms with Gasteiger partial charge in [-0.15, -0.1) is 11.8 Å². The number of aliphatic carboxylic acids is 1. The van der Waals surface area contributed by atoms with Gasteiger partial charge >= 0.3 is 5.97 Å². The number of nitrogens with one attached hydrogen (secondary N) is 3. The third kappa shape index (κ3) is 4.89. The van der Waals surface area contributed by atoms with Crippen LogP contribution in [-0.4, -0.2) is 103 Å². The van der Waals surface area contributed by atoms with Crippen molar-refractivity contribution in [3.8, 4) is 0 Å². The van der Waals surface area contributed by atoms with E-state index in [1.54, 1.807) is 9.91 Å². The van der Waals surface area contributed by atoms with Crippen LogP contribution in [0.25, 0.3) is 0 Å². The van der Waals surface area contributed by atoms with Crippen LogP contribution >= 0.6 is 23.3 Å². The molecule has 4 rings (SSSR count). The number of thioether (sulfide) groups is 1. The molecule has 4 heterocycles. The molecule has 2 fully saturated rings. The van der Waals surface area contributed by atoms with Gasteiger partial charge in [0.2, 0.25) is 11.5 Å². The summed E-state index contributed by atoms with van der Waals surface area (Å²) in [5, 5.41) is 33.7. The molecule has 1 aromatic rings. The Hall–Kier alpha value is -3.06. The zero-order valence-corrected chi connectivity index (χ0v) is 19.1. The van der Waals surface area contributed by atoms with Crippen LogP contribution in [-0.2, 0) is 14.4 Å². The highest BCUT2D eigenvalue weighted by Gasteiger charge is 2.47. The monoisotopic (exact) mass is 516 g/mol. The van der Waals surface area contributed by atoms with Crippen LogP contribution < -0.4 is 21.8 Å². The minimum atomic E-state index is -1.24. The maximum absolute atomic E-state index is 12.7. The Bertz CT molecular complexity index is 1040. The van der Waals surface area contributed by atoms with Crippen LogP contribution in [0.5, 0.6) is 0 Å². The Kier molecular flexibility index (Phi) is 7.41. The standard InChI is InChI=1S/C16H21FN10O5S2/c17-6-32-24-9(11-22-15(18)34-25-11)12(28)21-8-4-26-10(14(29)30)7(5-33-13(8)26)3-20-27-2-1-19-16(27)23-31/h3,8,13,16,19,23,31H,1-2,4-6H2,(H,21,28)(H,29,30)(H2,18,22,25)/b20-3+,24-9+. The average Bonchev–Trinajstić information content (AvgIpc) is 3.44. The van der Waals surface area contributed by atoms with Crippen LogP contribution in [0.2, 0.25) is 0 Å². The summed E-state index contributed by atoms with van der Waals surface area (Å²) in [5.74, 6) is -1.58. The second kappa shape index (κ2) is 10.5. The molecule has 3 aliphatic heterocycles. The number of amides is 1. The van der Waals surface area contributed by atoms with E-state index in [-0.39, 0.29) is 34.3 Å². The predicted octanol–water partition coefficient (Wildman–Crippen LogP) is -1.87. The molecule has 184 valence electrons. The van der Waals surface area contributed by atoms with E-state index in [0.717, 1.165) is 11.5 Å². The number of rotatable bonds is 9. The number of carbonyl (C=O) groups excluding carboxylic acids is 1. The van der Waals surface area contributed by atoms with Gasteiger partial charge in [-0.25, -0.2) is 9.18 Å². The maximum atomic E-state index is 12.7. The fourth-order valence-corrected chi connectivity index (χ4v) is 5.34. The number of hydrogen-bond donors (Lipinski definition) is 6. The molecule has 3 aliphatic rings. The summed E-state index contributed by atoms with van der Waals surface area (Å²) in [6.07, 6.45) is 0.908. The summed E-state index contributed by atoms with van der Waals surface area (Å²) < 4.78 is 16.3. The lowest BCUT2D eigenvalue weighted by molar-refractivity contribution is -0.135. The van der Waals surface area contributed by atoms with E-state index < -0.39 is 31.1 Å². The van der Waals surface area contributed by atoms with Crippen molar-refractivity contribution < 1.29 is 29.1 Å². The molecular weight excluding hydrogens is 495 g/mol. The molecule has 1 amide bonds. The fraction of sp³-hybridized carbons (Fsp3) is 0.500. The lowest BCUT2D eigenvalue weighted by Gasteiger charge is -2.51. The molecule has 1 aromatic heterocycles. The van der Waals surface area contributed by atoms with Crippen molar-refractivity contribution in [2.45, 2.75) is 17.7 Å². The van der Waals surface area contributed by atoms with Gasteiger partial charge in [-0.2, -0.15) is 19.9 Å². The fourth-order valence-electron chi connectivity index (χ4n) is 3.59. The number of aromatic nitrogens is 2. The number of anilines is 1. The average molecular weight is 517 g/mol. The van der Waals surface area contributed by atoms with E-state index >= 15 is 0 Å². The van der Waals surface area contributed by atoms with Crippen molar-refractivity contribution in [1.82, 2.24) is 35.4 Å². The zero-order valence-electron chi connectivity index (χ0n) is 17.4. The lowest BCUT2D eigenvalue weighted by Crippen LogP contribution is -2.67. The van der Waals surface area contributed by atoms with Crippen LogP contribution in [0, 0.1) is 0 Å². The number of hydrazone groups is 1. The van der Waals surface area contributed by atoms with Crippen molar-refractivity contribution in [3.05, 3.63) is 17.1 Å². The molecule has 0 aliphatic carbocycles. The highest BCUT2D eigenvalue weighted by atomic mass is 32.2. The molecule has 3 unspecified atom stereocenters. The van der Waals surface area contributed by atoms with Gasteiger partial charge in [-0.3, -0.25) is 15.1 Å². The third-order valence-electron chi connectivity index (χ3n) is 5.10. The molecule has 15 nitrogen and oxygen atoms in total. The lowest BCUT2D eigenvalue weighted by atomic mass is 10.0. The van der Waals surface area contributed by atoms with Gasteiger partial charge < -0.3 is 31.1 Å². The van der Waals surface area contributed by atoms with Gasteiger partial charge in [0.05, 0.1) is 24.2 Å². The first-order valence-electron chi connectivity index (χ1n) is 9.87. The Morgan fingerprint density at radius 3 is 2.97 bits per heavy atom. The number of carbonyl (C=O) groups is 2. The zero-order chi connectivity index (χ0) is 24.2. The first-order chi connectivity index (χ1) is 16.4. The minimum Gasteiger partial charge on any atom is -0.477 e. The van der Waals surface area contributed by atoms with E-state index in [9.17, 15) is 19.1 Å². The Balaban J connectivity index is 1.45. The molecule has 0 aromatic carbocycles. The summed E-state index contributed by atoms with van der Waals surface area (Å²) in [6, 6.07) is -0.414. The molecule has 2 saturated heterocycles. The van der Waals surface area contributed by atoms with Gasteiger partial charge in [0.15, 0.2) is 11.4 Å². The molecule has 3 atom stereocenters. The topological polar surface area (TPSA) is 203 Å². The quantitative estimate of drug-likeness (QED) is 0.158. The molecule has 7 N–H and O–H groups in total. The highest BCUT2D eigenvalue weighted by molar-refractivity contribution is 8.00. The normalized spacial score (nSPS) is 24.9. The number of carboxylic acid groups (broad SMARTS) is 1. The van der Waals surface area contributed by atoms with Gasteiger partial charge in [-0.05, 0) is 0 Å². The van der Waals surface area contributed by atoms with Crippen molar-refractivity contribution >= 4 is 52.2 Å². The van der Waals surface area contributed by atoms with Gasteiger partial charge in [0.25, 0.3) is 12.8 Å². The summed E-state index contributed by atoms with van der Waals surface area (Å²) >= 11 is 2.27. The predicted molar refractivity (Wildman–Crippen MR) is 119 cm³/mol. The molecular formula is C16H21FN10O5S2. The number of halogens is 1. The SMILES string of the molecule is Nc1nc(/C(=N\OCF)C(=O)NC2CN3C(C(=O)O)=C(/C=N/N4CCNC4NO)CSC23)ns1. The number of hydrogen-bond acceptors (Lipinski definition) is 15. The van der Waals surface area contributed by atoms with Crippen molar-refractivity contribution in [1.29, 1.82) is 0 Å². The van der Waals surface area contributed by atoms with Gasteiger partial charge in [0, 0.05) is 35.9 Å². The summed E-state index contributed by atoms with van der Waals surface area (Å²) in [5.41, 5.74) is 7.88. The molecule has 0 radical (unpaired) electrons. The van der Waals surface area contributed by atoms with E-state index in [2.05, 4.69) is 40.6 Å². The van der Waals surface area contributed by atoms with Crippen molar-refractivity contribution in [3.63, 3.8) is 0 Å². The number of nitrogens with two attached hydrogens (primary N) is 1. The molecule has 18 heteroatoms. The second-order valence-electron chi connectivity index (χ2n) is 7.14. The largest absolute Gasteiger partial charge is 0.477 e. The Morgan fingerprint density at radius 2 is 2.29 bits per heavy atom. The summed E-state index contributed by atoms with van der Waals surface area (Å²) in [7, 11) is 0. The van der Waals surface area contributed by atoms with Crippen molar-refractivity contribution in [2.24, 2.45) is 10.3 Å². The third-order valence-corrected chi connectivity index (χ3v) is 7.04. The summed E-state index contributed by atoms with van der Waals surface area (Å²) in [6.45, 7) is 0.118. The molecule has 34 heavy (non-hydrogen) atoms. The highest BCUT2D eigenvalue weighted by Crippen LogP contribution is 2.39. The molecule has 0 saturated carbocycles. The Morgan fingerprint density at radius 1 is 1.47 bits per heavy atom. The number of nitrogens with zero attached hydrogens (tertiary/aromatic N) is 6. The van der Waals surface area contributed by atoms with Crippen LogP contribution in [0.1, 0.15) is 5.82 Å². The number of fused-ring (bicyclic) bond motifs is 1. The Labute approximate surface area is 200 Å². The maximum Gasteiger partial charge on any atom is 0.352 e. The number of nitrogen functional groups attached to an aromatic ring is 1. The first kappa shape index (κ1) is 24.1. The molecule has 0 spiro atoms. The van der Waals surface area contributed by atoms with E-state index in [1.165, 1.54) is 18.0 Å². The number of hydroxylamine groups is 1. The van der Waals surface area contributed by atoms with E-state index in [0.29, 0.717) is 24.4 Å². The van der Waals surface area contributed by atoms with E-state index in [1.807, 2.05) is 0 Å². The first-order valence-corrected chi connectivity index (χ1v) is 11.7. The number of alkyl halides is 1. The van der Waals surface area contributed by atoms with Gasteiger partial charge in [-0.1, -0.05) is 5.16 Å². The smallest absolute Gasteiger partial charge is 0.352 e. The van der Waals surface area contributed by atoms with E-state index in [4.69, 9.17) is 10.9 Å². The van der Waals surface area contributed by atoms with Crippen LogP contribution in [0.3, 0.4) is 0 Å². The van der Waals surface area contributed by atoms with Gasteiger partial charge in [0.1, 0.15) is 5.70 Å². The van der Waals surface area contributed by atoms with Crippen LogP contribution in [0.4, 0.5) is 9.52 Å². The summed E-state index contributed by atoms with van der Waals surface area (Å²) in [4.78, 5) is 34.6. The van der Waals surface area contributed by atoms with Crippen molar-refractivity contribution in [2.75, 3.05) is 38.0 Å². The second-order valence-corrected chi connectivity index (χ2v) is 9.03. The van der Waals surface area contributed by atoms with Crippen LogP contribution in [0.15, 0.2) is 21.5 Å². The minimum absolute atomic E-state index is 0.0854.